The second-order valence-electron chi connectivity index (χ2n) is 6.71. The van der Waals surface area contributed by atoms with E-state index >= 15 is 0 Å². The van der Waals surface area contributed by atoms with Crippen molar-refractivity contribution >= 4 is 18.0 Å². The second-order valence-corrected chi connectivity index (χ2v) is 6.71. The summed E-state index contributed by atoms with van der Waals surface area (Å²) in [4.78, 5) is 35.3. The van der Waals surface area contributed by atoms with Crippen LogP contribution in [-0.4, -0.2) is 37.2 Å². The van der Waals surface area contributed by atoms with Crippen molar-refractivity contribution in [3.05, 3.63) is 66.0 Å². The number of carbonyl (C=O) groups excluding carboxylic acids is 3. The van der Waals surface area contributed by atoms with Crippen molar-refractivity contribution in [2.24, 2.45) is 0 Å². The lowest BCUT2D eigenvalue weighted by Crippen LogP contribution is -2.40. The quantitative estimate of drug-likeness (QED) is 0.458. The van der Waals surface area contributed by atoms with Crippen LogP contribution in [0.25, 0.3) is 0 Å². The summed E-state index contributed by atoms with van der Waals surface area (Å²) in [6, 6.07) is 13.0. The molecule has 0 spiro atoms. The van der Waals surface area contributed by atoms with Gasteiger partial charge in [0.2, 0.25) is 0 Å². The molecule has 1 aromatic heterocycles. The van der Waals surface area contributed by atoms with Gasteiger partial charge < -0.3 is 20.1 Å². The number of hydrogen-bond donors (Lipinski definition) is 2. The summed E-state index contributed by atoms with van der Waals surface area (Å²) in [5, 5.41) is 5.45. The lowest BCUT2D eigenvalue weighted by atomic mass is 10.1. The maximum absolute atomic E-state index is 12.1. The van der Waals surface area contributed by atoms with Crippen molar-refractivity contribution in [1.29, 1.82) is 0 Å². The first-order valence-corrected chi connectivity index (χ1v) is 9.88. The Morgan fingerprint density at radius 2 is 1.73 bits per heavy atom. The molecule has 160 valence electrons. The molecule has 2 rings (SSSR count). The van der Waals surface area contributed by atoms with Crippen LogP contribution in [-0.2, 0) is 27.4 Å². The molecule has 8 nitrogen and oxygen atoms in total. The summed E-state index contributed by atoms with van der Waals surface area (Å²) < 4.78 is 11.7. The van der Waals surface area contributed by atoms with Crippen LogP contribution in [0, 0.1) is 0 Å². The van der Waals surface area contributed by atoms with Gasteiger partial charge in [-0.2, -0.15) is 4.57 Å². The van der Waals surface area contributed by atoms with Crippen molar-refractivity contribution in [3.8, 4) is 0 Å². The fourth-order valence-electron chi connectivity index (χ4n) is 2.70. The molecule has 0 saturated heterocycles. The number of esters is 1. The molecular weight excluding hydrogens is 386 g/mol. The molecule has 0 fully saturated rings. The average Bonchev–Trinajstić information content (AvgIpc) is 2.73. The van der Waals surface area contributed by atoms with E-state index in [2.05, 4.69) is 10.6 Å². The summed E-state index contributed by atoms with van der Waals surface area (Å²) in [6.45, 7) is 4.19. The summed E-state index contributed by atoms with van der Waals surface area (Å²) >= 11 is 0. The molecule has 8 heteroatoms. The molecule has 0 saturated carbocycles. The molecule has 2 amide bonds. The highest BCUT2D eigenvalue weighted by molar-refractivity contribution is 5.94. The zero-order valence-corrected chi connectivity index (χ0v) is 17.3. The van der Waals surface area contributed by atoms with Gasteiger partial charge in [0.25, 0.3) is 12.6 Å². The maximum atomic E-state index is 12.1. The molecule has 1 atom stereocenters. The minimum Gasteiger partial charge on any atom is -0.466 e. The van der Waals surface area contributed by atoms with Gasteiger partial charge in [-0.1, -0.05) is 30.3 Å². The Morgan fingerprint density at radius 3 is 2.40 bits per heavy atom. The molecule has 1 heterocycles. The highest BCUT2D eigenvalue weighted by Crippen LogP contribution is 2.03. The van der Waals surface area contributed by atoms with Crippen molar-refractivity contribution in [2.75, 3.05) is 13.2 Å². The van der Waals surface area contributed by atoms with E-state index in [0.29, 0.717) is 18.6 Å². The Hall–Kier alpha value is -3.42. The maximum Gasteiger partial charge on any atom is 0.412 e. The first-order valence-electron chi connectivity index (χ1n) is 9.88. The van der Waals surface area contributed by atoms with Gasteiger partial charge in [-0.3, -0.25) is 9.59 Å². The number of carbonyl (C=O) groups is 3. The third kappa shape index (κ3) is 8.30. The van der Waals surface area contributed by atoms with E-state index in [9.17, 15) is 14.4 Å². The van der Waals surface area contributed by atoms with Crippen LogP contribution in [0.3, 0.4) is 0 Å². The fraction of sp³-hybridized carbons (Fsp3) is 0.364. The van der Waals surface area contributed by atoms with Crippen LogP contribution < -0.4 is 15.2 Å². The van der Waals surface area contributed by atoms with E-state index in [-0.39, 0.29) is 37.6 Å². The van der Waals surface area contributed by atoms with Gasteiger partial charge in [-0.25, -0.2) is 4.79 Å². The van der Waals surface area contributed by atoms with Crippen LogP contribution in [0.2, 0.25) is 0 Å². The molecule has 0 radical (unpaired) electrons. The van der Waals surface area contributed by atoms with Gasteiger partial charge in [-0.15, -0.1) is 0 Å². The lowest BCUT2D eigenvalue weighted by molar-refractivity contribution is -0.727. The number of nitrogens with one attached hydrogen (secondary N) is 2. The van der Waals surface area contributed by atoms with Crippen molar-refractivity contribution in [2.45, 2.75) is 39.5 Å². The summed E-state index contributed by atoms with van der Waals surface area (Å²) in [5.41, 5.74) is 1.58. The molecule has 0 aliphatic carbocycles. The molecule has 1 aromatic carbocycles. The average molecular weight is 414 g/mol. The van der Waals surface area contributed by atoms with E-state index in [0.717, 1.165) is 5.56 Å². The first kappa shape index (κ1) is 22.9. The van der Waals surface area contributed by atoms with Crippen molar-refractivity contribution < 1.29 is 28.4 Å². The number of benzene rings is 1. The van der Waals surface area contributed by atoms with Gasteiger partial charge >= 0.3 is 12.1 Å². The number of nitrogens with zero attached hydrogens (tertiary/aromatic N) is 1. The van der Waals surface area contributed by atoms with Crippen LogP contribution in [0.4, 0.5) is 4.79 Å². The van der Waals surface area contributed by atoms with E-state index in [1.807, 2.05) is 37.3 Å². The minimum absolute atomic E-state index is 0.0225. The smallest absolute Gasteiger partial charge is 0.412 e. The van der Waals surface area contributed by atoms with Crippen LogP contribution in [0.5, 0.6) is 0 Å². The van der Waals surface area contributed by atoms with Gasteiger partial charge in [0, 0.05) is 24.7 Å². The summed E-state index contributed by atoms with van der Waals surface area (Å²) in [6.07, 6.45) is 3.61. The monoisotopic (exact) mass is 414 g/mol. The predicted octanol–water partition coefficient (Wildman–Crippen LogP) is 1.97. The zero-order valence-electron chi connectivity index (χ0n) is 17.3. The molecule has 0 bridgehead atoms. The first-order chi connectivity index (χ1) is 14.5. The third-order valence-electron chi connectivity index (χ3n) is 4.17. The van der Waals surface area contributed by atoms with E-state index in [1.54, 1.807) is 36.0 Å². The molecule has 2 N–H and O–H groups in total. The highest BCUT2D eigenvalue weighted by atomic mass is 16.6. The normalized spacial score (nSPS) is 11.3. The topological polar surface area (TPSA) is 97.6 Å². The summed E-state index contributed by atoms with van der Waals surface area (Å²) in [5.74, 6) is -0.642. The Balaban J connectivity index is 1.71. The number of pyridine rings is 1. The predicted molar refractivity (Wildman–Crippen MR) is 109 cm³/mol. The van der Waals surface area contributed by atoms with Crippen LogP contribution in [0.15, 0.2) is 54.9 Å². The zero-order chi connectivity index (χ0) is 21.8. The lowest BCUT2D eigenvalue weighted by Gasteiger charge is -2.13. The Morgan fingerprint density at radius 1 is 1.03 bits per heavy atom. The molecule has 2 aromatic rings. The van der Waals surface area contributed by atoms with Gasteiger partial charge in [0.15, 0.2) is 12.4 Å². The largest absolute Gasteiger partial charge is 0.466 e. The fourth-order valence-corrected chi connectivity index (χ4v) is 2.70. The van der Waals surface area contributed by atoms with Crippen molar-refractivity contribution in [3.63, 3.8) is 0 Å². The second kappa shape index (κ2) is 12.2. The minimum atomic E-state index is -0.508. The third-order valence-corrected chi connectivity index (χ3v) is 4.17. The number of rotatable bonds is 10. The molecular formula is C22H28N3O5+. The van der Waals surface area contributed by atoms with E-state index in [4.69, 9.17) is 9.47 Å². The van der Waals surface area contributed by atoms with Crippen LogP contribution >= 0.6 is 0 Å². The van der Waals surface area contributed by atoms with Gasteiger partial charge in [0.1, 0.15) is 0 Å². The highest BCUT2D eigenvalue weighted by Gasteiger charge is 2.13. The molecule has 0 unspecified atom stereocenters. The number of hydrogen-bond acceptors (Lipinski definition) is 5. The molecule has 30 heavy (non-hydrogen) atoms. The summed E-state index contributed by atoms with van der Waals surface area (Å²) in [7, 11) is 0. The standard InChI is InChI=1S/C22H27N3O5/c1-3-29-20(26)9-12-23-21(27)19-10-13-25(14-11-19)16-30-22(28)24-17(2)15-18-7-5-4-6-8-18/h4-8,10-11,13-14,17H,3,9,12,15-16H2,1-2H3,(H-,23,24,27,28)/p+1/t17-/m0/s1. The van der Waals surface area contributed by atoms with Gasteiger partial charge in [0.05, 0.1) is 18.6 Å². The van der Waals surface area contributed by atoms with Crippen LogP contribution in [0.1, 0.15) is 36.2 Å². The Labute approximate surface area is 176 Å². The van der Waals surface area contributed by atoms with Gasteiger partial charge in [-0.05, 0) is 25.8 Å². The van der Waals surface area contributed by atoms with E-state index < -0.39 is 6.09 Å². The molecule has 0 aliphatic heterocycles. The number of aromatic nitrogens is 1. The van der Waals surface area contributed by atoms with E-state index in [1.165, 1.54) is 0 Å². The van der Waals surface area contributed by atoms with Crippen molar-refractivity contribution in [1.82, 2.24) is 10.6 Å². The number of alkyl carbamates (subject to hydrolysis) is 1. The number of ether oxygens (including phenoxy) is 2. The number of amides is 2. The Bertz CT molecular complexity index is 824. The SMILES string of the molecule is CCOC(=O)CCNC(=O)c1cc[n+](COC(=O)N[C@@H](C)Cc2ccccc2)cc1. The molecule has 0 aliphatic rings. The Kier molecular flexibility index (Phi) is 9.30.